The fourth-order valence-corrected chi connectivity index (χ4v) is 16.2. The molecule has 4 heterocycles. The Hall–Kier alpha value is -7.94. The SMILES string of the molecule is CN1/C(=C/C=C/C2=[N+](COC[N+]3=C(/C=C/C=C4/N(C)c5ccc6ccc(Br)cc6c5C4(C)Cc4ccccc4)C(C)(C)c4c3ccc3ccccc43)c3ccc4ccccc4c3C2(C)C)C(C)(Cc2ccccc2)c2c1ccc1ccc(Br)cc21. The Balaban J connectivity index is 0.864. The first kappa shape index (κ1) is 55.0. The standard InChI is InChI=1S/C78H70Br2N4O/c1-75(2)67(29-19-31-69-77(5,47-51-21-11-9-12-22-51)73-61-45-57(79)39-33-55(61)35-41-63(73)81(69)7)83(65-43-37-53-25-15-17-27-59(53)71(65)75)49-85-50-84-66-44-38-54-26-16-18-28-60(54)72(66)76(3,4)68(84)30-20-32-70-78(6,48-52-23-13-10-14-24-52)74-62-46-58(80)40-34-56(62)36-42-64(74)82(70)8/h9-46H,47-50H2,1-8H3/q+2. The third-order valence-corrected chi connectivity index (χ3v) is 20.4. The number of nitrogens with zero attached hydrogens (tertiary/aromatic N) is 4. The van der Waals surface area contributed by atoms with Crippen LogP contribution in [0.4, 0.5) is 22.7 Å². The number of hydrogen-bond acceptors (Lipinski definition) is 3. The van der Waals surface area contributed by atoms with E-state index in [1.807, 2.05) is 0 Å². The molecule has 0 aromatic heterocycles. The molecule has 10 aromatic rings. The van der Waals surface area contributed by atoms with E-state index in [0.29, 0.717) is 13.5 Å². The summed E-state index contributed by atoms with van der Waals surface area (Å²) in [7, 11) is 4.48. The summed E-state index contributed by atoms with van der Waals surface area (Å²) in [5, 5.41) is 10.1. The molecule has 0 spiro atoms. The lowest BCUT2D eigenvalue weighted by Gasteiger charge is -2.29. The number of hydrogen-bond donors (Lipinski definition) is 0. The number of ether oxygens (including phenoxy) is 1. The number of benzene rings is 10. The molecule has 2 unspecified atom stereocenters. The predicted molar refractivity (Wildman–Crippen MR) is 364 cm³/mol. The molecular weight excluding hydrogens is 1170 g/mol. The van der Waals surface area contributed by atoms with E-state index in [2.05, 4.69) is 337 Å². The minimum absolute atomic E-state index is 0.315. The van der Waals surface area contributed by atoms with E-state index in [1.165, 1.54) is 122 Å². The molecular formula is C78H70Br2N4O+2. The van der Waals surface area contributed by atoms with Crippen LogP contribution < -0.4 is 9.80 Å². The van der Waals surface area contributed by atoms with Crippen molar-refractivity contribution in [3.05, 3.63) is 284 Å². The minimum atomic E-state index is -0.353. The van der Waals surface area contributed by atoms with Gasteiger partial charge < -0.3 is 9.80 Å². The van der Waals surface area contributed by atoms with E-state index in [0.717, 1.165) is 21.8 Å². The Bertz CT molecular complexity index is 4310. The summed E-state index contributed by atoms with van der Waals surface area (Å²) in [4.78, 5) is 4.84. The van der Waals surface area contributed by atoms with Crippen molar-refractivity contribution in [2.45, 2.75) is 76.0 Å². The van der Waals surface area contributed by atoms with Gasteiger partial charge in [0.1, 0.15) is 0 Å². The molecule has 0 radical (unpaired) electrons. The summed E-state index contributed by atoms with van der Waals surface area (Å²) in [6.07, 6.45) is 15.8. The van der Waals surface area contributed by atoms with Gasteiger partial charge in [-0.15, -0.1) is 0 Å². The van der Waals surface area contributed by atoms with Crippen LogP contribution in [0.1, 0.15) is 74.9 Å². The van der Waals surface area contributed by atoms with Gasteiger partial charge in [0.25, 0.3) is 13.5 Å². The third-order valence-electron chi connectivity index (χ3n) is 19.4. The first-order chi connectivity index (χ1) is 41.1. The van der Waals surface area contributed by atoms with E-state index in [1.54, 1.807) is 0 Å². The number of likely N-dealkylation sites (N-methyl/N-ethyl adjacent to an activating group) is 2. The summed E-state index contributed by atoms with van der Waals surface area (Å²) < 4.78 is 14.3. The molecule has 0 aliphatic carbocycles. The molecule has 7 heteroatoms. The van der Waals surface area contributed by atoms with Crippen LogP contribution >= 0.6 is 31.9 Å². The van der Waals surface area contributed by atoms with Crippen molar-refractivity contribution in [1.82, 2.24) is 0 Å². The molecule has 0 bridgehead atoms. The maximum absolute atomic E-state index is 7.25. The highest BCUT2D eigenvalue weighted by Gasteiger charge is 2.49. The van der Waals surface area contributed by atoms with Crippen LogP contribution in [-0.2, 0) is 39.2 Å². The van der Waals surface area contributed by atoms with Crippen molar-refractivity contribution in [1.29, 1.82) is 0 Å². The largest absolute Gasteiger partial charge is 0.347 e. The molecule has 0 saturated heterocycles. The zero-order valence-corrected chi connectivity index (χ0v) is 52.9. The molecule has 5 nitrogen and oxygen atoms in total. The van der Waals surface area contributed by atoms with Crippen LogP contribution in [0.15, 0.2) is 251 Å². The summed E-state index contributed by atoms with van der Waals surface area (Å²) in [5.74, 6) is 0. The van der Waals surface area contributed by atoms with Gasteiger partial charge in [0.05, 0.1) is 10.8 Å². The van der Waals surface area contributed by atoms with Crippen molar-refractivity contribution in [3.8, 4) is 0 Å². The first-order valence-electron chi connectivity index (χ1n) is 29.8. The van der Waals surface area contributed by atoms with Crippen molar-refractivity contribution >= 4 is 109 Å². The second-order valence-electron chi connectivity index (χ2n) is 25.3. The fourth-order valence-electron chi connectivity index (χ4n) is 15.5. The number of allylic oxidation sites excluding steroid dienone is 8. The van der Waals surface area contributed by atoms with Gasteiger partial charge in [0.15, 0.2) is 11.4 Å². The molecule has 2 atom stereocenters. The van der Waals surface area contributed by atoms with Crippen LogP contribution in [0.25, 0.3) is 43.1 Å². The summed E-state index contributed by atoms with van der Waals surface area (Å²) in [5.41, 5.74) is 16.4. The zero-order chi connectivity index (χ0) is 58.6. The lowest BCUT2D eigenvalue weighted by Crippen LogP contribution is -2.31. The minimum Gasteiger partial charge on any atom is -0.347 e. The zero-order valence-electron chi connectivity index (χ0n) is 49.7. The van der Waals surface area contributed by atoms with Gasteiger partial charge in [-0.1, -0.05) is 177 Å². The number of fused-ring (bicyclic) bond motifs is 12. The fraction of sp³-hybridized carbons (Fsp3) is 0.205. The van der Waals surface area contributed by atoms with E-state index < -0.39 is 0 Å². The summed E-state index contributed by atoms with van der Waals surface area (Å²) in [6.45, 7) is 15.1. The number of anilines is 2. The highest BCUT2D eigenvalue weighted by Crippen LogP contribution is 2.55. The molecule has 4 aliphatic rings. The lowest BCUT2D eigenvalue weighted by molar-refractivity contribution is -0.551. The Morgan fingerprint density at radius 2 is 0.776 bits per heavy atom. The summed E-state index contributed by atoms with van der Waals surface area (Å²) >= 11 is 7.67. The Labute approximate surface area is 517 Å². The maximum Gasteiger partial charge on any atom is 0.258 e. The average molecular weight is 1240 g/mol. The van der Waals surface area contributed by atoms with E-state index in [9.17, 15) is 0 Å². The van der Waals surface area contributed by atoms with E-state index in [4.69, 9.17) is 4.74 Å². The van der Waals surface area contributed by atoms with Crippen molar-refractivity contribution in [2.24, 2.45) is 0 Å². The van der Waals surface area contributed by atoms with Crippen LogP contribution in [0.3, 0.4) is 0 Å². The van der Waals surface area contributed by atoms with Crippen molar-refractivity contribution in [2.75, 3.05) is 37.4 Å². The van der Waals surface area contributed by atoms with Crippen LogP contribution in [0, 0.1) is 0 Å². The van der Waals surface area contributed by atoms with E-state index >= 15 is 0 Å². The van der Waals surface area contributed by atoms with Crippen LogP contribution in [0.2, 0.25) is 0 Å². The molecule has 10 aromatic carbocycles. The third kappa shape index (κ3) is 8.94. The van der Waals surface area contributed by atoms with Gasteiger partial charge in [0, 0.05) is 92.1 Å². The molecule has 420 valence electrons. The van der Waals surface area contributed by atoms with Crippen LogP contribution in [0.5, 0.6) is 0 Å². The predicted octanol–water partition coefficient (Wildman–Crippen LogP) is 19.4. The van der Waals surface area contributed by atoms with Crippen molar-refractivity contribution < 1.29 is 13.9 Å². The normalized spacial score (nSPS) is 20.4. The van der Waals surface area contributed by atoms with Gasteiger partial charge in [-0.3, -0.25) is 4.74 Å². The van der Waals surface area contributed by atoms with Gasteiger partial charge in [-0.05, 0) is 180 Å². The Kier molecular flexibility index (Phi) is 13.5. The number of halogens is 2. The quantitative estimate of drug-likeness (QED) is 0.114. The molecule has 14 rings (SSSR count). The van der Waals surface area contributed by atoms with E-state index in [-0.39, 0.29) is 21.7 Å². The molecule has 4 aliphatic heterocycles. The van der Waals surface area contributed by atoms with Gasteiger partial charge in [-0.2, -0.15) is 9.15 Å². The van der Waals surface area contributed by atoms with Gasteiger partial charge in [-0.25, -0.2) is 0 Å². The Morgan fingerprint density at radius 1 is 0.412 bits per heavy atom. The van der Waals surface area contributed by atoms with Gasteiger partial charge in [0.2, 0.25) is 11.4 Å². The molecule has 0 fully saturated rings. The smallest absolute Gasteiger partial charge is 0.258 e. The molecule has 0 amide bonds. The molecule has 85 heavy (non-hydrogen) atoms. The second-order valence-corrected chi connectivity index (χ2v) is 27.1. The molecule has 0 saturated carbocycles. The monoisotopic (exact) mass is 1240 g/mol. The van der Waals surface area contributed by atoms with Gasteiger partial charge >= 0.3 is 0 Å². The topological polar surface area (TPSA) is 21.7 Å². The van der Waals surface area contributed by atoms with Crippen LogP contribution in [-0.4, -0.2) is 48.1 Å². The Morgan fingerprint density at radius 3 is 1.20 bits per heavy atom. The maximum atomic E-state index is 7.25. The number of rotatable bonds is 12. The van der Waals surface area contributed by atoms with Crippen molar-refractivity contribution in [3.63, 3.8) is 0 Å². The summed E-state index contributed by atoms with van der Waals surface area (Å²) in [6, 6.07) is 71.3. The highest BCUT2D eigenvalue weighted by atomic mass is 79.9. The average Bonchev–Trinajstić information content (AvgIpc) is 1.88. The first-order valence-corrected chi connectivity index (χ1v) is 31.4. The second kappa shape index (κ2) is 20.9. The molecule has 0 N–H and O–H groups in total. The lowest BCUT2D eigenvalue weighted by atomic mass is 9.74. The highest BCUT2D eigenvalue weighted by molar-refractivity contribution is 9.10.